The average Bonchev–Trinajstić information content (AvgIpc) is 2.53. The van der Waals surface area contributed by atoms with Gasteiger partial charge in [0, 0.05) is 5.56 Å². The first-order valence-electron chi connectivity index (χ1n) is 7.57. The van der Waals surface area contributed by atoms with E-state index in [1.54, 1.807) is 12.1 Å². The van der Waals surface area contributed by atoms with E-state index in [0.717, 1.165) is 25.7 Å². The monoisotopic (exact) mass is 284 g/mol. The molecule has 0 spiro atoms. The number of carbonyl (C=O) groups is 1. The molecule has 0 saturated carbocycles. The third-order valence-corrected chi connectivity index (χ3v) is 3.72. The highest BCUT2D eigenvalue weighted by atomic mass is 19.1. The Labute approximate surface area is 125 Å². The van der Waals surface area contributed by atoms with Crippen LogP contribution in [0.5, 0.6) is 0 Å². The summed E-state index contributed by atoms with van der Waals surface area (Å²) in [4.78, 5) is 10.6. The number of aldehydes is 1. The molecule has 110 valence electrons. The van der Waals surface area contributed by atoms with E-state index in [1.807, 2.05) is 6.07 Å². The molecular weight excluding hydrogens is 263 g/mol. The van der Waals surface area contributed by atoms with Crippen molar-refractivity contribution in [3.05, 3.63) is 71.0 Å². The quantitative estimate of drug-likeness (QED) is 0.493. The minimum Gasteiger partial charge on any atom is -0.298 e. The molecule has 2 aromatic carbocycles. The molecule has 2 rings (SSSR count). The van der Waals surface area contributed by atoms with Crippen LogP contribution < -0.4 is 0 Å². The first kappa shape index (κ1) is 15.4. The van der Waals surface area contributed by atoms with Gasteiger partial charge in [-0.3, -0.25) is 4.79 Å². The Hall–Kier alpha value is -1.96. The second kappa shape index (κ2) is 8.35. The first-order chi connectivity index (χ1) is 10.3. The molecule has 2 aromatic rings. The van der Waals surface area contributed by atoms with Crippen LogP contribution in [0.2, 0.25) is 0 Å². The second-order valence-electron chi connectivity index (χ2n) is 5.37. The number of hydrogen-bond donors (Lipinski definition) is 0. The molecule has 2 heteroatoms. The van der Waals surface area contributed by atoms with Gasteiger partial charge in [-0.15, -0.1) is 0 Å². The second-order valence-corrected chi connectivity index (χ2v) is 5.37. The molecule has 1 nitrogen and oxygen atoms in total. The lowest BCUT2D eigenvalue weighted by Crippen LogP contribution is -1.93. The lowest BCUT2D eigenvalue weighted by Gasteiger charge is -2.04. The van der Waals surface area contributed by atoms with E-state index < -0.39 is 0 Å². The number of halogens is 1. The van der Waals surface area contributed by atoms with Crippen LogP contribution in [0.4, 0.5) is 4.39 Å². The summed E-state index contributed by atoms with van der Waals surface area (Å²) in [6, 6.07) is 15.2. The van der Waals surface area contributed by atoms with Crippen LogP contribution in [0.15, 0.2) is 48.5 Å². The average molecular weight is 284 g/mol. The number of unbranched alkanes of at least 4 members (excludes halogenated alkanes) is 3. The summed E-state index contributed by atoms with van der Waals surface area (Å²) in [5.41, 5.74) is 2.50. The zero-order chi connectivity index (χ0) is 14.9. The SMILES string of the molecule is O=Cc1ccc(CCCCCCc2ccccc2)c(F)c1. The molecule has 0 saturated heterocycles. The Morgan fingerprint density at radius 1 is 0.857 bits per heavy atom. The standard InChI is InChI=1S/C19H21FO/c20-19-14-17(15-21)12-13-18(19)11-7-2-1-4-8-16-9-5-3-6-10-16/h3,5-6,9-10,12-15H,1-2,4,7-8,11H2. The molecule has 21 heavy (non-hydrogen) atoms. The van der Waals surface area contributed by atoms with E-state index in [0.29, 0.717) is 17.4 Å². The van der Waals surface area contributed by atoms with Crippen molar-refractivity contribution in [1.29, 1.82) is 0 Å². The summed E-state index contributed by atoms with van der Waals surface area (Å²) in [6.45, 7) is 0. The first-order valence-corrected chi connectivity index (χ1v) is 7.57. The third kappa shape index (κ3) is 5.14. The number of hydrogen-bond acceptors (Lipinski definition) is 1. The molecule has 0 N–H and O–H groups in total. The highest BCUT2D eigenvalue weighted by Crippen LogP contribution is 2.14. The topological polar surface area (TPSA) is 17.1 Å². The van der Waals surface area contributed by atoms with Crippen LogP contribution in [-0.4, -0.2) is 6.29 Å². The molecule has 0 aliphatic carbocycles. The molecule has 0 radical (unpaired) electrons. The molecule has 0 amide bonds. The minimum atomic E-state index is -0.260. The molecular formula is C19H21FO. The van der Waals surface area contributed by atoms with E-state index >= 15 is 0 Å². The van der Waals surface area contributed by atoms with E-state index in [9.17, 15) is 9.18 Å². The van der Waals surface area contributed by atoms with Crippen LogP contribution in [0, 0.1) is 5.82 Å². The number of carbonyl (C=O) groups excluding carboxylic acids is 1. The van der Waals surface area contributed by atoms with Crippen LogP contribution >= 0.6 is 0 Å². The van der Waals surface area contributed by atoms with Crippen molar-refractivity contribution in [3.63, 3.8) is 0 Å². The smallest absolute Gasteiger partial charge is 0.150 e. The van der Waals surface area contributed by atoms with Gasteiger partial charge in [0.1, 0.15) is 12.1 Å². The summed E-state index contributed by atoms with van der Waals surface area (Å²) in [7, 11) is 0. The fraction of sp³-hybridized carbons (Fsp3) is 0.316. The van der Waals surface area contributed by atoms with E-state index in [4.69, 9.17) is 0 Å². The van der Waals surface area contributed by atoms with Gasteiger partial charge in [0.25, 0.3) is 0 Å². The normalized spacial score (nSPS) is 10.5. The van der Waals surface area contributed by atoms with Gasteiger partial charge < -0.3 is 0 Å². The van der Waals surface area contributed by atoms with Crippen LogP contribution in [-0.2, 0) is 12.8 Å². The molecule has 0 bridgehead atoms. The molecule has 0 aromatic heterocycles. The van der Waals surface area contributed by atoms with E-state index in [2.05, 4.69) is 24.3 Å². The zero-order valence-corrected chi connectivity index (χ0v) is 12.2. The molecule has 0 fully saturated rings. The fourth-order valence-electron chi connectivity index (χ4n) is 2.48. The molecule has 0 atom stereocenters. The predicted molar refractivity (Wildman–Crippen MR) is 84.1 cm³/mol. The molecule has 0 aliphatic heterocycles. The molecule has 0 unspecified atom stereocenters. The maximum absolute atomic E-state index is 13.7. The summed E-state index contributed by atoms with van der Waals surface area (Å²) < 4.78 is 13.7. The predicted octanol–water partition coefficient (Wildman–Crippen LogP) is 4.98. The van der Waals surface area contributed by atoms with Crippen molar-refractivity contribution < 1.29 is 9.18 Å². The Kier molecular flexibility index (Phi) is 6.14. The van der Waals surface area contributed by atoms with Gasteiger partial charge in [0.05, 0.1) is 0 Å². The van der Waals surface area contributed by atoms with Gasteiger partial charge in [0.15, 0.2) is 0 Å². The van der Waals surface area contributed by atoms with Gasteiger partial charge in [-0.1, -0.05) is 55.3 Å². The van der Waals surface area contributed by atoms with Gasteiger partial charge in [-0.25, -0.2) is 4.39 Å². The van der Waals surface area contributed by atoms with Crippen molar-refractivity contribution in [2.45, 2.75) is 38.5 Å². The molecule has 0 heterocycles. The van der Waals surface area contributed by atoms with Crippen molar-refractivity contribution in [3.8, 4) is 0 Å². The van der Waals surface area contributed by atoms with Gasteiger partial charge in [-0.2, -0.15) is 0 Å². The van der Waals surface area contributed by atoms with Gasteiger partial charge in [0.2, 0.25) is 0 Å². The Morgan fingerprint density at radius 2 is 1.57 bits per heavy atom. The maximum Gasteiger partial charge on any atom is 0.150 e. The highest BCUT2D eigenvalue weighted by molar-refractivity contribution is 5.74. The zero-order valence-electron chi connectivity index (χ0n) is 12.2. The minimum absolute atomic E-state index is 0.260. The van der Waals surface area contributed by atoms with Crippen LogP contribution in [0.25, 0.3) is 0 Å². The van der Waals surface area contributed by atoms with Crippen molar-refractivity contribution in [2.75, 3.05) is 0 Å². The highest BCUT2D eigenvalue weighted by Gasteiger charge is 2.03. The lowest BCUT2D eigenvalue weighted by atomic mass is 10.0. The Bertz CT molecular complexity index is 563. The number of rotatable bonds is 8. The Morgan fingerprint density at radius 3 is 2.24 bits per heavy atom. The number of aryl methyl sites for hydroxylation is 2. The summed E-state index contributed by atoms with van der Waals surface area (Å²) in [5.74, 6) is -0.260. The number of benzene rings is 2. The Balaban J connectivity index is 1.65. The van der Waals surface area contributed by atoms with Crippen LogP contribution in [0.1, 0.15) is 47.2 Å². The maximum atomic E-state index is 13.7. The summed E-state index contributed by atoms with van der Waals surface area (Å²) in [6.07, 6.45) is 6.99. The van der Waals surface area contributed by atoms with Crippen LogP contribution in [0.3, 0.4) is 0 Å². The summed E-state index contributed by atoms with van der Waals surface area (Å²) >= 11 is 0. The van der Waals surface area contributed by atoms with Gasteiger partial charge >= 0.3 is 0 Å². The lowest BCUT2D eigenvalue weighted by molar-refractivity contribution is 0.112. The van der Waals surface area contributed by atoms with Gasteiger partial charge in [-0.05, 0) is 42.9 Å². The van der Waals surface area contributed by atoms with E-state index in [-0.39, 0.29) is 5.82 Å². The van der Waals surface area contributed by atoms with Crippen molar-refractivity contribution in [2.24, 2.45) is 0 Å². The summed E-state index contributed by atoms with van der Waals surface area (Å²) in [5, 5.41) is 0. The largest absolute Gasteiger partial charge is 0.298 e. The van der Waals surface area contributed by atoms with Crippen molar-refractivity contribution in [1.82, 2.24) is 0 Å². The van der Waals surface area contributed by atoms with Crippen molar-refractivity contribution >= 4 is 6.29 Å². The molecule has 0 aliphatic rings. The fourth-order valence-corrected chi connectivity index (χ4v) is 2.48. The third-order valence-electron chi connectivity index (χ3n) is 3.72. The van der Waals surface area contributed by atoms with E-state index in [1.165, 1.54) is 24.5 Å².